The second-order valence-corrected chi connectivity index (χ2v) is 7.48. The summed E-state index contributed by atoms with van der Waals surface area (Å²) >= 11 is 0. The zero-order valence-corrected chi connectivity index (χ0v) is 14.5. The van der Waals surface area contributed by atoms with E-state index in [0.29, 0.717) is 25.4 Å². The first-order valence-electron chi connectivity index (χ1n) is 9.48. The molecule has 0 atom stereocenters. The molecule has 0 bridgehead atoms. The van der Waals surface area contributed by atoms with Gasteiger partial charge in [-0.1, -0.05) is 62.4 Å². The summed E-state index contributed by atoms with van der Waals surface area (Å²) in [4.78, 5) is 14.5. The maximum absolute atomic E-state index is 12.5. The minimum atomic E-state index is -0.415. The van der Waals surface area contributed by atoms with E-state index in [4.69, 9.17) is 0 Å². The van der Waals surface area contributed by atoms with Crippen molar-refractivity contribution in [2.45, 2.75) is 63.2 Å². The van der Waals surface area contributed by atoms with Crippen molar-refractivity contribution in [1.29, 1.82) is 5.26 Å². The van der Waals surface area contributed by atoms with Gasteiger partial charge in [0, 0.05) is 19.5 Å². The Hall–Kier alpha value is -1.82. The predicted octanol–water partition coefficient (Wildman–Crippen LogP) is 4.43. The first-order chi connectivity index (χ1) is 11.7. The standard InChI is InChI=1S/C21H28N2O/c22-17-21(19-9-5-2-6-10-19)13-15-23(16-14-21)20(24)12-11-18-7-3-1-4-8-18/h2,5-6,9-10,18H,1,3-4,7-8,11-16H2. The topological polar surface area (TPSA) is 44.1 Å². The molecule has 0 radical (unpaired) electrons. The van der Waals surface area contributed by atoms with Crippen LogP contribution in [0.25, 0.3) is 0 Å². The number of nitrogens with zero attached hydrogens (tertiary/aromatic N) is 2. The van der Waals surface area contributed by atoms with E-state index < -0.39 is 5.41 Å². The zero-order chi connectivity index (χ0) is 16.8. The maximum atomic E-state index is 12.5. The summed E-state index contributed by atoms with van der Waals surface area (Å²) < 4.78 is 0. The molecular weight excluding hydrogens is 296 g/mol. The smallest absolute Gasteiger partial charge is 0.222 e. The fraction of sp³-hybridized carbons (Fsp3) is 0.619. The number of benzene rings is 1. The third kappa shape index (κ3) is 3.80. The van der Waals surface area contributed by atoms with Gasteiger partial charge in [0.25, 0.3) is 0 Å². The molecule has 0 spiro atoms. The van der Waals surface area contributed by atoms with Crippen molar-refractivity contribution >= 4 is 5.91 Å². The largest absolute Gasteiger partial charge is 0.343 e. The highest BCUT2D eigenvalue weighted by Crippen LogP contribution is 2.35. The quantitative estimate of drug-likeness (QED) is 0.822. The summed E-state index contributed by atoms with van der Waals surface area (Å²) in [6.45, 7) is 1.43. The molecule has 1 heterocycles. The van der Waals surface area contributed by atoms with Crippen molar-refractivity contribution in [3.05, 3.63) is 35.9 Å². The molecule has 1 saturated heterocycles. The number of likely N-dealkylation sites (tertiary alicyclic amines) is 1. The van der Waals surface area contributed by atoms with Gasteiger partial charge in [0.2, 0.25) is 5.91 Å². The molecule has 0 unspecified atom stereocenters. The Kier molecular flexibility index (Phi) is 5.56. The van der Waals surface area contributed by atoms with Crippen LogP contribution in [0.15, 0.2) is 30.3 Å². The minimum Gasteiger partial charge on any atom is -0.343 e. The Labute approximate surface area is 145 Å². The van der Waals surface area contributed by atoms with Crippen molar-refractivity contribution in [2.75, 3.05) is 13.1 Å². The Morgan fingerprint density at radius 3 is 2.42 bits per heavy atom. The van der Waals surface area contributed by atoms with E-state index in [1.807, 2.05) is 35.2 Å². The first kappa shape index (κ1) is 17.0. The van der Waals surface area contributed by atoms with Crippen molar-refractivity contribution in [3.63, 3.8) is 0 Å². The van der Waals surface area contributed by atoms with Crippen molar-refractivity contribution in [3.8, 4) is 6.07 Å². The van der Waals surface area contributed by atoms with E-state index in [0.717, 1.165) is 30.7 Å². The SMILES string of the molecule is N#CC1(c2ccccc2)CCN(C(=O)CCC2CCCCC2)CC1. The number of nitriles is 1. The van der Waals surface area contributed by atoms with Crippen LogP contribution >= 0.6 is 0 Å². The van der Waals surface area contributed by atoms with E-state index in [1.165, 1.54) is 32.1 Å². The van der Waals surface area contributed by atoms with Crippen molar-refractivity contribution < 1.29 is 4.79 Å². The molecule has 1 aromatic carbocycles. The van der Waals surface area contributed by atoms with Crippen LogP contribution < -0.4 is 0 Å². The molecule has 1 aliphatic heterocycles. The lowest BCUT2D eigenvalue weighted by Gasteiger charge is -2.38. The number of piperidine rings is 1. The molecule has 0 aromatic heterocycles. The average molecular weight is 324 g/mol. The van der Waals surface area contributed by atoms with Crippen LogP contribution in [0, 0.1) is 17.2 Å². The molecule has 0 N–H and O–H groups in total. The van der Waals surface area contributed by atoms with Crippen LogP contribution in [0.3, 0.4) is 0 Å². The Morgan fingerprint density at radius 2 is 1.79 bits per heavy atom. The second-order valence-electron chi connectivity index (χ2n) is 7.48. The lowest BCUT2D eigenvalue weighted by molar-refractivity contribution is -0.132. The van der Waals surface area contributed by atoms with Crippen LogP contribution in [0.1, 0.15) is 63.4 Å². The van der Waals surface area contributed by atoms with Gasteiger partial charge < -0.3 is 4.90 Å². The third-order valence-corrected chi connectivity index (χ3v) is 6.00. The van der Waals surface area contributed by atoms with Gasteiger partial charge in [-0.25, -0.2) is 0 Å². The number of carbonyl (C=O) groups is 1. The van der Waals surface area contributed by atoms with Gasteiger partial charge in [0.05, 0.1) is 11.5 Å². The predicted molar refractivity (Wildman–Crippen MR) is 95.4 cm³/mol. The third-order valence-electron chi connectivity index (χ3n) is 6.00. The van der Waals surface area contributed by atoms with E-state index in [9.17, 15) is 10.1 Å². The molecule has 2 fully saturated rings. The fourth-order valence-corrected chi connectivity index (χ4v) is 4.32. The lowest BCUT2D eigenvalue weighted by atomic mass is 9.74. The van der Waals surface area contributed by atoms with Crippen LogP contribution in [0.2, 0.25) is 0 Å². The highest BCUT2D eigenvalue weighted by Gasteiger charge is 2.37. The minimum absolute atomic E-state index is 0.292. The molecule has 128 valence electrons. The fourth-order valence-electron chi connectivity index (χ4n) is 4.32. The highest BCUT2D eigenvalue weighted by atomic mass is 16.2. The highest BCUT2D eigenvalue weighted by molar-refractivity contribution is 5.76. The van der Waals surface area contributed by atoms with E-state index in [1.54, 1.807) is 0 Å². The van der Waals surface area contributed by atoms with Gasteiger partial charge in [0.1, 0.15) is 0 Å². The summed E-state index contributed by atoms with van der Waals surface area (Å²) in [5, 5.41) is 9.74. The maximum Gasteiger partial charge on any atom is 0.222 e. The Morgan fingerprint density at radius 1 is 1.12 bits per heavy atom. The van der Waals surface area contributed by atoms with Gasteiger partial charge in [-0.2, -0.15) is 5.26 Å². The van der Waals surface area contributed by atoms with Crippen LogP contribution in [-0.4, -0.2) is 23.9 Å². The number of hydrogen-bond acceptors (Lipinski definition) is 2. The number of hydrogen-bond donors (Lipinski definition) is 0. The van der Waals surface area contributed by atoms with Crippen LogP contribution in [-0.2, 0) is 10.2 Å². The monoisotopic (exact) mass is 324 g/mol. The normalized spacial score (nSPS) is 21.2. The van der Waals surface area contributed by atoms with Gasteiger partial charge in [-0.05, 0) is 30.7 Å². The Bertz CT molecular complexity index is 576. The van der Waals surface area contributed by atoms with Crippen molar-refractivity contribution in [2.24, 2.45) is 5.92 Å². The van der Waals surface area contributed by atoms with Gasteiger partial charge in [-0.15, -0.1) is 0 Å². The zero-order valence-electron chi connectivity index (χ0n) is 14.5. The van der Waals surface area contributed by atoms with Crippen molar-refractivity contribution in [1.82, 2.24) is 4.90 Å². The van der Waals surface area contributed by atoms with E-state index in [-0.39, 0.29) is 0 Å². The molecule has 3 heteroatoms. The number of amides is 1. The van der Waals surface area contributed by atoms with Crippen LogP contribution in [0.5, 0.6) is 0 Å². The summed E-state index contributed by atoms with van der Waals surface area (Å²) in [7, 11) is 0. The molecule has 24 heavy (non-hydrogen) atoms. The van der Waals surface area contributed by atoms with Crippen LogP contribution in [0.4, 0.5) is 0 Å². The number of carbonyl (C=O) groups excluding carboxylic acids is 1. The summed E-state index contributed by atoms with van der Waals surface area (Å²) in [6, 6.07) is 12.6. The summed E-state index contributed by atoms with van der Waals surface area (Å²) in [6.07, 6.45) is 9.90. The summed E-state index contributed by atoms with van der Waals surface area (Å²) in [5.41, 5.74) is 0.684. The second kappa shape index (κ2) is 7.83. The lowest BCUT2D eigenvalue weighted by Crippen LogP contribution is -2.44. The van der Waals surface area contributed by atoms with Gasteiger partial charge in [-0.3, -0.25) is 4.79 Å². The van der Waals surface area contributed by atoms with Gasteiger partial charge >= 0.3 is 0 Å². The first-order valence-corrected chi connectivity index (χ1v) is 9.48. The molecule has 1 amide bonds. The molecule has 3 nitrogen and oxygen atoms in total. The van der Waals surface area contributed by atoms with E-state index in [2.05, 4.69) is 6.07 Å². The molecule has 1 aromatic rings. The molecular formula is C21H28N2O. The van der Waals surface area contributed by atoms with E-state index >= 15 is 0 Å². The molecule has 1 aliphatic carbocycles. The molecule has 3 rings (SSSR count). The Balaban J connectivity index is 1.52. The number of rotatable bonds is 4. The summed E-state index contributed by atoms with van der Waals surface area (Å²) in [5.74, 6) is 1.05. The molecule has 2 aliphatic rings. The van der Waals surface area contributed by atoms with Gasteiger partial charge in [0.15, 0.2) is 0 Å². The average Bonchev–Trinajstić information content (AvgIpc) is 2.67. The molecule has 1 saturated carbocycles.